The molecular formula is C19H21N5O5S. The lowest BCUT2D eigenvalue weighted by atomic mass is 10.2. The molecule has 2 aromatic rings. The van der Waals surface area contributed by atoms with E-state index >= 15 is 0 Å². The van der Waals surface area contributed by atoms with E-state index in [2.05, 4.69) is 5.32 Å². The molecule has 11 heteroatoms. The van der Waals surface area contributed by atoms with E-state index in [4.69, 9.17) is 5.26 Å². The summed E-state index contributed by atoms with van der Waals surface area (Å²) in [5, 5.41) is 11.7. The average molecular weight is 431 g/mol. The number of nitrogens with zero attached hydrogens (tertiary/aromatic N) is 4. The van der Waals surface area contributed by atoms with Gasteiger partial charge in [-0.2, -0.15) is 5.26 Å². The molecular weight excluding hydrogens is 410 g/mol. The number of aryl methyl sites for hydroxylation is 1. The zero-order valence-corrected chi connectivity index (χ0v) is 17.6. The molecule has 30 heavy (non-hydrogen) atoms. The number of hydrogen-bond donors (Lipinski definition) is 1. The molecule has 158 valence electrons. The second-order valence-corrected chi connectivity index (χ2v) is 9.40. The Kier molecular flexibility index (Phi) is 5.65. The van der Waals surface area contributed by atoms with Gasteiger partial charge in [-0.1, -0.05) is 6.07 Å². The molecule has 1 N–H and O–H groups in total. The molecule has 0 saturated heterocycles. The lowest BCUT2D eigenvalue weighted by Crippen LogP contribution is -2.43. The Morgan fingerprint density at radius 1 is 1.30 bits per heavy atom. The van der Waals surface area contributed by atoms with Gasteiger partial charge in [0.25, 0.3) is 5.56 Å². The number of benzene rings is 1. The molecule has 1 heterocycles. The van der Waals surface area contributed by atoms with Gasteiger partial charge in [0.1, 0.15) is 18.2 Å². The topological polar surface area (TPSA) is 134 Å². The van der Waals surface area contributed by atoms with Gasteiger partial charge in [0, 0.05) is 32.0 Å². The van der Waals surface area contributed by atoms with E-state index in [9.17, 15) is 22.8 Å². The van der Waals surface area contributed by atoms with E-state index in [-0.39, 0.29) is 22.2 Å². The number of carbonyl (C=O) groups is 1. The van der Waals surface area contributed by atoms with Gasteiger partial charge in [-0.3, -0.25) is 14.2 Å². The van der Waals surface area contributed by atoms with E-state index < -0.39 is 33.7 Å². The third-order valence-corrected chi connectivity index (χ3v) is 6.75. The molecule has 1 aromatic carbocycles. The van der Waals surface area contributed by atoms with Crippen molar-refractivity contribution in [1.82, 2.24) is 13.4 Å². The van der Waals surface area contributed by atoms with Crippen molar-refractivity contribution in [3.05, 3.63) is 56.4 Å². The maximum atomic E-state index is 12.6. The van der Waals surface area contributed by atoms with Gasteiger partial charge in [0.05, 0.1) is 4.90 Å². The summed E-state index contributed by atoms with van der Waals surface area (Å²) in [5.74, 6) is -0.691. The van der Waals surface area contributed by atoms with Crippen LogP contribution >= 0.6 is 0 Å². The Morgan fingerprint density at radius 3 is 2.53 bits per heavy atom. The van der Waals surface area contributed by atoms with Crippen LogP contribution in [0.5, 0.6) is 0 Å². The highest BCUT2D eigenvalue weighted by Gasteiger charge is 2.27. The summed E-state index contributed by atoms with van der Waals surface area (Å²) in [6, 6.07) is 6.08. The van der Waals surface area contributed by atoms with Crippen LogP contribution in [-0.2, 0) is 21.4 Å². The molecule has 3 rings (SSSR count). The van der Waals surface area contributed by atoms with Gasteiger partial charge < -0.3 is 5.32 Å². The molecule has 1 aromatic heterocycles. The fourth-order valence-electron chi connectivity index (χ4n) is 2.95. The van der Waals surface area contributed by atoms with E-state index in [0.717, 1.165) is 21.7 Å². The predicted molar refractivity (Wildman–Crippen MR) is 109 cm³/mol. The largest absolute Gasteiger partial charge is 0.331 e. The van der Waals surface area contributed by atoms with Gasteiger partial charge in [0.2, 0.25) is 15.9 Å². The van der Waals surface area contributed by atoms with Crippen molar-refractivity contribution in [2.45, 2.75) is 37.2 Å². The summed E-state index contributed by atoms with van der Waals surface area (Å²) in [6.07, 6.45) is 2.76. The molecule has 0 radical (unpaired) electrons. The van der Waals surface area contributed by atoms with Crippen molar-refractivity contribution in [3.8, 4) is 6.07 Å². The SMILES string of the molecule is Cc1ccc(NC(=O)Cn2c(=O)c(C#N)cn(C3CC3)c2=O)cc1S(=O)(=O)N(C)C. The maximum Gasteiger partial charge on any atom is 0.331 e. The quantitative estimate of drug-likeness (QED) is 0.704. The van der Waals surface area contributed by atoms with E-state index in [1.54, 1.807) is 19.1 Å². The van der Waals surface area contributed by atoms with Crippen LogP contribution in [0.1, 0.15) is 30.0 Å². The Hall–Kier alpha value is -3.23. The fraction of sp³-hybridized carbons (Fsp3) is 0.368. The molecule has 1 saturated carbocycles. The molecule has 0 atom stereocenters. The third kappa shape index (κ3) is 4.05. The van der Waals surface area contributed by atoms with Crippen LogP contribution in [0.3, 0.4) is 0 Å². The van der Waals surface area contributed by atoms with Gasteiger partial charge in [-0.05, 0) is 37.5 Å². The zero-order valence-electron chi connectivity index (χ0n) is 16.7. The summed E-state index contributed by atoms with van der Waals surface area (Å²) in [4.78, 5) is 37.5. The van der Waals surface area contributed by atoms with Crippen molar-refractivity contribution in [3.63, 3.8) is 0 Å². The molecule has 10 nitrogen and oxygen atoms in total. The van der Waals surface area contributed by atoms with Crippen molar-refractivity contribution < 1.29 is 13.2 Å². The Morgan fingerprint density at radius 2 is 1.97 bits per heavy atom. The van der Waals surface area contributed by atoms with E-state index in [1.165, 1.54) is 37.0 Å². The van der Waals surface area contributed by atoms with Gasteiger partial charge in [-0.25, -0.2) is 22.1 Å². The lowest BCUT2D eigenvalue weighted by molar-refractivity contribution is -0.116. The minimum atomic E-state index is -3.72. The Balaban J connectivity index is 1.91. The van der Waals surface area contributed by atoms with E-state index in [1.807, 2.05) is 0 Å². The number of carbonyl (C=O) groups excluding carboxylic acids is 1. The van der Waals surface area contributed by atoms with Crippen molar-refractivity contribution in [2.75, 3.05) is 19.4 Å². The first-order chi connectivity index (χ1) is 14.1. The van der Waals surface area contributed by atoms with Crippen LogP contribution in [0.2, 0.25) is 0 Å². The standard InChI is InChI=1S/C19H21N5O5S/c1-12-4-5-14(8-16(12)30(28,29)22(2)3)21-17(25)11-24-18(26)13(9-20)10-23(19(24)27)15-6-7-15/h4-5,8,10,15H,6-7,11H2,1-3H3,(H,21,25). The molecule has 0 aliphatic heterocycles. The molecule has 1 aliphatic rings. The summed E-state index contributed by atoms with van der Waals surface area (Å²) in [7, 11) is -0.913. The molecule has 1 aliphatic carbocycles. The monoisotopic (exact) mass is 431 g/mol. The average Bonchev–Trinajstić information content (AvgIpc) is 3.51. The minimum absolute atomic E-state index is 0.0324. The lowest BCUT2D eigenvalue weighted by Gasteiger charge is -2.15. The molecule has 0 bridgehead atoms. The van der Waals surface area contributed by atoms with Crippen LogP contribution in [0.25, 0.3) is 0 Å². The van der Waals surface area contributed by atoms with Crippen molar-refractivity contribution >= 4 is 21.6 Å². The van der Waals surface area contributed by atoms with Gasteiger partial charge in [0.15, 0.2) is 0 Å². The number of sulfonamides is 1. The van der Waals surface area contributed by atoms with Crippen LogP contribution in [-0.4, -0.2) is 41.9 Å². The number of aromatic nitrogens is 2. The summed E-state index contributed by atoms with van der Waals surface area (Å²) in [5.41, 5.74) is -1.00. The zero-order chi connectivity index (χ0) is 22.2. The number of nitriles is 1. The minimum Gasteiger partial charge on any atom is -0.324 e. The van der Waals surface area contributed by atoms with Crippen molar-refractivity contribution in [1.29, 1.82) is 5.26 Å². The number of rotatable bonds is 6. The highest BCUT2D eigenvalue weighted by Crippen LogP contribution is 2.33. The second kappa shape index (κ2) is 7.89. The molecule has 1 amide bonds. The van der Waals surface area contributed by atoms with Gasteiger partial charge >= 0.3 is 5.69 Å². The maximum absolute atomic E-state index is 12.6. The highest BCUT2D eigenvalue weighted by molar-refractivity contribution is 7.89. The fourth-order valence-corrected chi connectivity index (χ4v) is 4.09. The summed E-state index contributed by atoms with van der Waals surface area (Å²) in [6.45, 7) is 1.04. The first kappa shape index (κ1) is 21.5. The van der Waals surface area contributed by atoms with Crippen LogP contribution in [0.15, 0.2) is 38.9 Å². The second-order valence-electron chi connectivity index (χ2n) is 7.28. The van der Waals surface area contributed by atoms with Crippen LogP contribution in [0, 0.1) is 18.3 Å². The number of amides is 1. The molecule has 0 unspecified atom stereocenters. The highest BCUT2D eigenvalue weighted by atomic mass is 32.2. The Labute approximate surface area is 173 Å². The van der Waals surface area contributed by atoms with Crippen LogP contribution < -0.4 is 16.6 Å². The number of nitrogens with one attached hydrogen (secondary N) is 1. The molecule has 1 fully saturated rings. The number of hydrogen-bond acceptors (Lipinski definition) is 6. The first-order valence-corrected chi connectivity index (χ1v) is 10.6. The normalized spacial score (nSPS) is 13.8. The summed E-state index contributed by atoms with van der Waals surface area (Å²) >= 11 is 0. The van der Waals surface area contributed by atoms with Crippen molar-refractivity contribution in [2.24, 2.45) is 0 Å². The van der Waals surface area contributed by atoms with E-state index in [0.29, 0.717) is 5.56 Å². The first-order valence-electron chi connectivity index (χ1n) is 9.15. The summed E-state index contributed by atoms with van der Waals surface area (Å²) < 4.78 is 28.0. The van der Waals surface area contributed by atoms with Crippen LogP contribution in [0.4, 0.5) is 5.69 Å². The smallest absolute Gasteiger partial charge is 0.324 e. The Bertz CT molecular complexity index is 1280. The molecule has 0 spiro atoms. The van der Waals surface area contributed by atoms with Gasteiger partial charge in [-0.15, -0.1) is 0 Å². The third-order valence-electron chi connectivity index (χ3n) is 4.79. The number of anilines is 1. The predicted octanol–water partition coefficient (Wildman–Crippen LogP) is 0.414.